The van der Waals surface area contributed by atoms with Crippen LogP contribution in [0.3, 0.4) is 0 Å². The third kappa shape index (κ3) is 2.50. The average molecular weight is 233 g/mol. The van der Waals surface area contributed by atoms with E-state index >= 15 is 0 Å². The predicted molar refractivity (Wildman–Crippen MR) is 66.4 cm³/mol. The van der Waals surface area contributed by atoms with E-state index in [-0.39, 0.29) is 17.9 Å². The van der Waals surface area contributed by atoms with E-state index in [9.17, 15) is 9.90 Å². The molecule has 1 aromatic carbocycles. The Balaban J connectivity index is 2.08. The average Bonchev–Trinajstić information content (AvgIpc) is 2.71. The lowest BCUT2D eigenvalue weighted by atomic mass is 9.95. The van der Waals surface area contributed by atoms with Crippen molar-refractivity contribution in [3.8, 4) is 0 Å². The number of nitrogens with zero attached hydrogens (tertiary/aromatic N) is 1. The number of aliphatic hydroxyl groups is 1. The van der Waals surface area contributed by atoms with Crippen molar-refractivity contribution in [2.45, 2.75) is 32.4 Å². The second-order valence-corrected chi connectivity index (χ2v) is 4.96. The summed E-state index contributed by atoms with van der Waals surface area (Å²) in [5, 5.41) is 10.3. The third-order valence-corrected chi connectivity index (χ3v) is 3.40. The van der Waals surface area contributed by atoms with Crippen LogP contribution in [0, 0.1) is 5.92 Å². The van der Waals surface area contributed by atoms with Gasteiger partial charge in [0.25, 0.3) is 0 Å². The van der Waals surface area contributed by atoms with E-state index in [1.807, 2.05) is 49.1 Å². The molecule has 1 amide bonds. The Morgan fingerprint density at radius 2 is 1.94 bits per heavy atom. The lowest BCUT2D eigenvalue weighted by Crippen LogP contribution is -2.32. The molecule has 1 fully saturated rings. The first-order chi connectivity index (χ1) is 8.09. The highest BCUT2D eigenvalue weighted by atomic mass is 16.3. The zero-order chi connectivity index (χ0) is 12.4. The van der Waals surface area contributed by atoms with Crippen molar-refractivity contribution in [2.24, 2.45) is 5.92 Å². The zero-order valence-corrected chi connectivity index (χ0v) is 10.3. The summed E-state index contributed by atoms with van der Waals surface area (Å²) >= 11 is 0. The van der Waals surface area contributed by atoms with Gasteiger partial charge in [0.2, 0.25) is 5.91 Å². The quantitative estimate of drug-likeness (QED) is 0.867. The van der Waals surface area contributed by atoms with E-state index in [1.54, 1.807) is 0 Å². The fourth-order valence-electron chi connectivity index (χ4n) is 2.39. The summed E-state index contributed by atoms with van der Waals surface area (Å²) in [4.78, 5) is 13.6. The monoisotopic (exact) mass is 233 g/mol. The molecule has 0 aliphatic carbocycles. The van der Waals surface area contributed by atoms with Crippen LogP contribution in [-0.2, 0) is 4.79 Å². The Morgan fingerprint density at radius 3 is 2.47 bits per heavy atom. The molecule has 0 saturated carbocycles. The number of rotatable bonds is 3. The first-order valence-corrected chi connectivity index (χ1v) is 6.12. The van der Waals surface area contributed by atoms with Gasteiger partial charge in [-0.3, -0.25) is 4.79 Å². The molecule has 0 aromatic heterocycles. The van der Waals surface area contributed by atoms with Gasteiger partial charge in [-0.05, 0) is 19.4 Å². The third-order valence-electron chi connectivity index (χ3n) is 3.40. The maximum atomic E-state index is 11.8. The van der Waals surface area contributed by atoms with Gasteiger partial charge in [0.1, 0.15) is 0 Å². The zero-order valence-electron chi connectivity index (χ0n) is 10.3. The molecule has 1 aliphatic heterocycles. The van der Waals surface area contributed by atoms with Crippen molar-refractivity contribution >= 4 is 5.91 Å². The summed E-state index contributed by atoms with van der Waals surface area (Å²) in [6.07, 6.45) is -0.0854. The van der Waals surface area contributed by atoms with Gasteiger partial charge in [0, 0.05) is 24.9 Å². The molecule has 3 nitrogen and oxygen atoms in total. The van der Waals surface area contributed by atoms with Crippen molar-refractivity contribution in [3.63, 3.8) is 0 Å². The molecule has 2 rings (SSSR count). The molecular formula is C14H19NO2. The molecule has 17 heavy (non-hydrogen) atoms. The Labute approximate surface area is 102 Å². The molecule has 1 heterocycles. The molecule has 1 saturated heterocycles. The summed E-state index contributed by atoms with van der Waals surface area (Å²) in [6, 6.07) is 9.79. The van der Waals surface area contributed by atoms with Gasteiger partial charge in [-0.15, -0.1) is 0 Å². The van der Waals surface area contributed by atoms with E-state index in [2.05, 4.69) is 0 Å². The van der Waals surface area contributed by atoms with Gasteiger partial charge in [-0.25, -0.2) is 0 Å². The molecule has 2 unspecified atom stereocenters. The Morgan fingerprint density at radius 1 is 1.29 bits per heavy atom. The lowest BCUT2D eigenvalue weighted by Gasteiger charge is -2.22. The number of hydrogen-bond donors (Lipinski definition) is 1. The summed E-state index contributed by atoms with van der Waals surface area (Å²) in [5.74, 6) is 0.173. The number of benzene rings is 1. The van der Waals surface area contributed by atoms with Crippen LogP contribution in [-0.4, -0.2) is 28.5 Å². The summed E-state index contributed by atoms with van der Waals surface area (Å²) in [5.41, 5.74) is 0.899. The maximum Gasteiger partial charge on any atom is 0.223 e. The highest BCUT2D eigenvalue weighted by Gasteiger charge is 2.35. The minimum Gasteiger partial charge on any atom is -0.388 e. The van der Waals surface area contributed by atoms with Crippen LogP contribution in [0.5, 0.6) is 0 Å². The van der Waals surface area contributed by atoms with Crippen molar-refractivity contribution in [1.29, 1.82) is 0 Å². The van der Waals surface area contributed by atoms with Gasteiger partial charge >= 0.3 is 0 Å². The predicted octanol–water partition coefficient (Wildman–Crippen LogP) is 1.98. The Bertz CT molecular complexity index is 388. The maximum absolute atomic E-state index is 11.8. The molecule has 3 heteroatoms. The van der Waals surface area contributed by atoms with Crippen LogP contribution < -0.4 is 0 Å². The summed E-state index contributed by atoms with van der Waals surface area (Å²) < 4.78 is 0. The van der Waals surface area contributed by atoms with Crippen LogP contribution in [0.4, 0.5) is 0 Å². The standard InChI is InChI=1S/C14H19NO2/c1-10(2)15-9-12(8-13(15)16)14(17)11-6-4-3-5-7-11/h3-7,10,12,14,17H,8-9H2,1-2H3. The Kier molecular flexibility index (Phi) is 3.48. The van der Waals surface area contributed by atoms with E-state index in [0.717, 1.165) is 5.56 Å². The highest BCUT2D eigenvalue weighted by Crippen LogP contribution is 2.31. The topological polar surface area (TPSA) is 40.5 Å². The largest absolute Gasteiger partial charge is 0.388 e. The molecule has 0 radical (unpaired) electrons. The second kappa shape index (κ2) is 4.88. The number of amides is 1. The Hall–Kier alpha value is -1.35. The molecular weight excluding hydrogens is 214 g/mol. The smallest absolute Gasteiger partial charge is 0.223 e. The van der Waals surface area contributed by atoms with Gasteiger partial charge in [0.15, 0.2) is 0 Å². The van der Waals surface area contributed by atoms with Gasteiger partial charge in [-0.2, -0.15) is 0 Å². The first kappa shape index (κ1) is 12.1. The molecule has 0 spiro atoms. The van der Waals surface area contributed by atoms with E-state index in [1.165, 1.54) is 0 Å². The minimum atomic E-state index is -0.538. The molecule has 2 atom stereocenters. The van der Waals surface area contributed by atoms with Crippen LogP contribution in [0.15, 0.2) is 30.3 Å². The molecule has 1 aromatic rings. The fraction of sp³-hybridized carbons (Fsp3) is 0.500. The van der Waals surface area contributed by atoms with Gasteiger partial charge in [0.05, 0.1) is 6.10 Å². The van der Waals surface area contributed by atoms with Crippen LogP contribution >= 0.6 is 0 Å². The van der Waals surface area contributed by atoms with Crippen LogP contribution in [0.2, 0.25) is 0 Å². The molecule has 1 N–H and O–H groups in total. The van der Waals surface area contributed by atoms with Crippen molar-refractivity contribution in [1.82, 2.24) is 4.90 Å². The summed E-state index contributed by atoms with van der Waals surface area (Å²) in [6.45, 7) is 4.68. The van der Waals surface area contributed by atoms with Gasteiger partial charge in [-0.1, -0.05) is 30.3 Å². The van der Waals surface area contributed by atoms with E-state index in [0.29, 0.717) is 13.0 Å². The second-order valence-electron chi connectivity index (χ2n) is 4.96. The van der Waals surface area contributed by atoms with E-state index < -0.39 is 6.10 Å². The normalized spacial score (nSPS) is 22.2. The molecule has 0 bridgehead atoms. The van der Waals surface area contributed by atoms with E-state index in [4.69, 9.17) is 0 Å². The summed E-state index contributed by atoms with van der Waals surface area (Å²) in [7, 11) is 0. The number of carbonyl (C=O) groups is 1. The minimum absolute atomic E-state index is 0.0206. The first-order valence-electron chi connectivity index (χ1n) is 6.12. The van der Waals surface area contributed by atoms with Crippen molar-refractivity contribution in [2.75, 3.05) is 6.54 Å². The number of aliphatic hydroxyl groups excluding tert-OH is 1. The number of carbonyl (C=O) groups excluding carboxylic acids is 1. The van der Waals surface area contributed by atoms with Crippen LogP contribution in [0.1, 0.15) is 31.9 Å². The highest BCUT2D eigenvalue weighted by molar-refractivity contribution is 5.79. The van der Waals surface area contributed by atoms with Crippen LogP contribution in [0.25, 0.3) is 0 Å². The molecule has 92 valence electrons. The fourth-order valence-corrected chi connectivity index (χ4v) is 2.39. The van der Waals surface area contributed by atoms with Crippen molar-refractivity contribution < 1.29 is 9.90 Å². The lowest BCUT2D eigenvalue weighted by molar-refractivity contribution is -0.129. The van der Waals surface area contributed by atoms with Gasteiger partial charge < -0.3 is 10.0 Å². The SMILES string of the molecule is CC(C)N1CC(C(O)c2ccccc2)CC1=O. The number of hydrogen-bond acceptors (Lipinski definition) is 2. The number of likely N-dealkylation sites (tertiary alicyclic amines) is 1. The molecule has 1 aliphatic rings. The van der Waals surface area contributed by atoms with Crippen molar-refractivity contribution in [3.05, 3.63) is 35.9 Å².